The fourth-order valence-corrected chi connectivity index (χ4v) is 9.54. The molecule has 1 aromatic carbocycles. The van der Waals surface area contributed by atoms with E-state index in [0.717, 1.165) is 5.39 Å². The zero-order valence-corrected chi connectivity index (χ0v) is 17.2. The topological polar surface area (TPSA) is 68.3 Å². The Kier molecular flexibility index (Phi) is 4.64. The van der Waals surface area contributed by atoms with Crippen LogP contribution in [0.25, 0.3) is 10.9 Å². The van der Waals surface area contributed by atoms with Gasteiger partial charge in [-0.1, -0.05) is 41.5 Å². The van der Waals surface area contributed by atoms with Crippen molar-refractivity contribution in [1.29, 1.82) is 0 Å². The molecule has 0 aliphatic carbocycles. The Morgan fingerprint density at radius 1 is 0.885 bits per heavy atom. The lowest BCUT2D eigenvalue weighted by Crippen LogP contribution is -2.50. The summed E-state index contributed by atoms with van der Waals surface area (Å²) in [6, 6.07) is 7.19. The molecule has 1 N–H and O–H groups in total. The normalized spacial score (nSPS) is 14.5. The number of hydrogen-bond acceptors (Lipinski definition) is 4. The number of nitrogens with one attached hydrogen (secondary N) is 1. The number of benzene rings is 1. The van der Waals surface area contributed by atoms with E-state index in [-0.39, 0.29) is 11.8 Å². The van der Waals surface area contributed by atoms with Crippen LogP contribution in [0.1, 0.15) is 62.3 Å². The van der Waals surface area contributed by atoms with E-state index < -0.39 is 8.32 Å². The first-order valence-electron chi connectivity index (χ1n) is 9.16. The van der Waals surface area contributed by atoms with Gasteiger partial charge in [-0.3, -0.25) is 14.9 Å². The van der Waals surface area contributed by atoms with Crippen molar-refractivity contribution in [3.8, 4) is 5.88 Å². The maximum absolute atomic E-state index is 11.9. The second-order valence-electron chi connectivity index (χ2n) is 7.94. The average Bonchev–Trinajstić information content (AvgIpc) is 2.83. The molecule has 138 valence electrons. The predicted octanol–water partition coefficient (Wildman–Crippen LogP) is 4.67. The van der Waals surface area contributed by atoms with Crippen molar-refractivity contribution < 1.29 is 14.0 Å². The lowest BCUT2D eigenvalue weighted by molar-refractivity contribution is 0.0879. The number of rotatable bonds is 5. The van der Waals surface area contributed by atoms with E-state index in [1.54, 1.807) is 12.1 Å². The maximum atomic E-state index is 11.9. The summed E-state index contributed by atoms with van der Waals surface area (Å²) >= 11 is 0. The number of imide groups is 1. The van der Waals surface area contributed by atoms with Gasteiger partial charge in [0, 0.05) is 5.39 Å². The fraction of sp³-hybridized carbons (Fsp3) is 0.450. The highest BCUT2D eigenvalue weighted by Crippen LogP contribution is 2.42. The van der Waals surface area contributed by atoms with Gasteiger partial charge in [0.2, 0.25) is 0 Å². The van der Waals surface area contributed by atoms with E-state index in [2.05, 4.69) is 51.8 Å². The van der Waals surface area contributed by atoms with Crippen LogP contribution < -0.4 is 9.74 Å². The van der Waals surface area contributed by atoms with Gasteiger partial charge in [-0.2, -0.15) is 0 Å². The SMILES string of the molecule is CC(C)[Si](Oc1ccc2cc3c(cc2n1)C(=O)NC3=O)(C(C)C)C(C)C. The Labute approximate surface area is 155 Å². The fourth-order valence-electron chi connectivity index (χ4n) is 4.36. The van der Waals surface area contributed by atoms with Crippen LogP contribution in [0.3, 0.4) is 0 Å². The van der Waals surface area contributed by atoms with Gasteiger partial charge >= 0.3 is 0 Å². The Morgan fingerprint density at radius 3 is 1.96 bits per heavy atom. The molecule has 2 heterocycles. The average molecular weight is 371 g/mol. The van der Waals surface area contributed by atoms with Crippen LogP contribution in [0, 0.1) is 0 Å². The highest BCUT2D eigenvalue weighted by atomic mass is 28.4. The lowest BCUT2D eigenvalue weighted by atomic mass is 10.1. The standard InChI is InChI=1S/C20H26N2O3Si/c1-11(2)26(12(3)4,13(5)6)25-18-8-7-14-9-15-16(10-17(14)21-18)20(24)22-19(15)23/h7-13H,1-6H3,(H,22,23,24). The first kappa shape index (κ1) is 18.6. The highest BCUT2D eigenvalue weighted by molar-refractivity contribution is 6.78. The number of carbonyl (C=O) groups is 2. The molecular formula is C20H26N2O3Si. The first-order chi connectivity index (χ1) is 12.2. The van der Waals surface area contributed by atoms with Crippen LogP contribution in [0.2, 0.25) is 16.6 Å². The molecule has 0 radical (unpaired) electrons. The van der Waals surface area contributed by atoms with Gasteiger partial charge in [0.25, 0.3) is 20.1 Å². The minimum atomic E-state index is -2.10. The third-order valence-corrected chi connectivity index (χ3v) is 11.5. The number of amides is 2. The van der Waals surface area contributed by atoms with E-state index >= 15 is 0 Å². The molecule has 3 rings (SSSR count). The molecule has 5 nitrogen and oxygen atoms in total. The molecule has 26 heavy (non-hydrogen) atoms. The number of fused-ring (bicyclic) bond motifs is 2. The Morgan fingerprint density at radius 2 is 1.42 bits per heavy atom. The first-order valence-corrected chi connectivity index (χ1v) is 11.3. The van der Waals surface area contributed by atoms with Crippen molar-refractivity contribution in [2.75, 3.05) is 0 Å². The number of nitrogens with zero attached hydrogens (tertiary/aromatic N) is 1. The smallest absolute Gasteiger partial charge is 0.260 e. The third-order valence-electron chi connectivity index (χ3n) is 5.51. The van der Waals surface area contributed by atoms with Gasteiger partial charge in [0.1, 0.15) is 0 Å². The summed E-state index contributed by atoms with van der Waals surface area (Å²) in [5.41, 5.74) is 2.81. The number of aromatic nitrogens is 1. The van der Waals surface area contributed by atoms with Gasteiger partial charge in [0.15, 0.2) is 5.88 Å². The van der Waals surface area contributed by atoms with Crippen molar-refractivity contribution in [3.63, 3.8) is 0 Å². The number of carbonyl (C=O) groups excluding carboxylic acids is 2. The molecule has 0 saturated carbocycles. The van der Waals surface area contributed by atoms with Gasteiger partial charge in [-0.15, -0.1) is 0 Å². The van der Waals surface area contributed by atoms with Crippen LogP contribution in [0.15, 0.2) is 24.3 Å². The van der Waals surface area contributed by atoms with E-state index in [4.69, 9.17) is 4.43 Å². The second-order valence-corrected chi connectivity index (χ2v) is 13.3. The Balaban J connectivity index is 2.06. The van der Waals surface area contributed by atoms with Crippen molar-refractivity contribution in [2.45, 2.75) is 58.2 Å². The molecule has 0 bridgehead atoms. The van der Waals surface area contributed by atoms with Gasteiger partial charge in [0.05, 0.1) is 16.6 Å². The highest BCUT2D eigenvalue weighted by Gasteiger charge is 2.47. The monoisotopic (exact) mass is 370 g/mol. The third kappa shape index (κ3) is 2.82. The molecule has 0 unspecified atom stereocenters. The van der Waals surface area contributed by atoms with E-state index in [9.17, 15) is 9.59 Å². The van der Waals surface area contributed by atoms with E-state index in [1.165, 1.54) is 0 Å². The summed E-state index contributed by atoms with van der Waals surface area (Å²) in [6.07, 6.45) is 0. The molecule has 1 aliphatic heterocycles. The van der Waals surface area contributed by atoms with Crippen LogP contribution in [-0.4, -0.2) is 25.1 Å². The summed E-state index contributed by atoms with van der Waals surface area (Å²) in [4.78, 5) is 28.4. The minimum Gasteiger partial charge on any atom is -0.530 e. The van der Waals surface area contributed by atoms with Crippen LogP contribution in [-0.2, 0) is 0 Å². The largest absolute Gasteiger partial charge is 0.530 e. The van der Waals surface area contributed by atoms with Gasteiger partial charge in [-0.25, -0.2) is 4.98 Å². The predicted molar refractivity (Wildman–Crippen MR) is 105 cm³/mol. The van der Waals surface area contributed by atoms with Crippen molar-refractivity contribution in [2.24, 2.45) is 0 Å². The van der Waals surface area contributed by atoms with E-state index in [1.807, 2.05) is 12.1 Å². The zero-order valence-electron chi connectivity index (χ0n) is 16.2. The number of pyridine rings is 1. The minimum absolute atomic E-state index is 0.349. The molecular weight excluding hydrogens is 344 g/mol. The summed E-state index contributed by atoms with van der Waals surface area (Å²) < 4.78 is 6.62. The maximum Gasteiger partial charge on any atom is 0.260 e. The van der Waals surface area contributed by atoms with Crippen LogP contribution in [0.4, 0.5) is 0 Å². The summed E-state index contributed by atoms with van der Waals surface area (Å²) in [5, 5.41) is 3.15. The Bertz CT molecular complexity index is 868. The summed E-state index contributed by atoms with van der Waals surface area (Å²) in [7, 11) is -2.10. The molecule has 2 amide bonds. The van der Waals surface area contributed by atoms with E-state index in [0.29, 0.717) is 39.1 Å². The number of hydrogen-bond donors (Lipinski definition) is 1. The molecule has 0 spiro atoms. The lowest BCUT2D eigenvalue weighted by Gasteiger charge is -2.41. The van der Waals surface area contributed by atoms with Crippen molar-refractivity contribution in [3.05, 3.63) is 35.4 Å². The molecule has 1 aliphatic rings. The quantitative estimate of drug-likeness (QED) is 0.613. The summed E-state index contributed by atoms with van der Waals surface area (Å²) in [5.74, 6) is -0.113. The molecule has 2 aromatic rings. The molecule has 6 heteroatoms. The van der Waals surface area contributed by atoms with Crippen LogP contribution >= 0.6 is 0 Å². The van der Waals surface area contributed by atoms with Gasteiger partial charge in [-0.05, 0) is 40.9 Å². The molecule has 1 aromatic heterocycles. The molecule has 0 atom stereocenters. The van der Waals surface area contributed by atoms with Crippen LogP contribution in [0.5, 0.6) is 5.88 Å². The van der Waals surface area contributed by atoms with Gasteiger partial charge < -0.3 is 4.43 Å². The molecule has 0 fully saturated rings. The summed E-state index contributed by atoms with van der Waals surface area (Å²) in [6.45, 7) is 13.4. The van der Waals surface area contributed by atoms with Crippen molar-refractivity contribution in [1.82, 2.24) is 10.3 Å². The second kappa shape index (κ2) is 6.50. The van der Waals surface area contributed by atoms with Crippen molar-refractivity contribution >= 4 is 31.0 Å². The molecule has 0 saturated heterocycles. The zero-order chi connectivity index (χ0) is 19.2. The Hall–Kier alpha value is -2.21.